The largest absolute Gasteiger partial charge is 0.533 e. The van der Waals surface area contributed by atoms with Crippen molar-refractivity contribution in [1.29, 1.82) is 5.53 Å². The van der Waals surface area contributed by atoms with Crippen molar-refractivity contribution in [3.8, 4) is 0 Å². The van der Waals surface area contributed by atoms with Crippen LogP contribution in [0.2, 0.25) is 0 Å². The van der Waals surface area contributed by atoms with Gasteiger partial charge in [-0.1, -0.05) is 0 Å². The van der Waals surface area contributed by atoms with Gasteiger partial charge in [-0.15, -0.1) is 0 Å². The molecule has 0 aromatic heterocycles. The second-order valence-corrected chi connectivity index (χ2v) is 4.42. The Labute approximate surface area is 93.8 Å². The molecule has 0 fully saturated rings. The molecule has 0 atom stereocenters. The van der Waals surface area contributed by atoms with Crippen LogP contribution in [0.1, 0.15) is 20.8 Å². The molecule has 0 amide bonds. The van der Waals surface area contributed by atoms with Gasteiger partial charge < -0.3 is 13.8 Å². The third-order valence-electron chi connectivity index (χ3n) is 1.42. The van der Waals surface area contributed by atoms with Crippen LogP contribution in [0.4, 0.5) is 0 Å². The normalized spacial score (nSPS) is 10.7. The quantitative estimate of drug-likeness (QED) is 0.243. The molecule has 0 bridgehead atoms. The molecule has 0 radical (unpaired) electrons. The topological polar surface area (TPSA) is 99.8 Å². The maximum absolute atomic E-state index is 12.1. The Hall–Kier alpha value is -1.00. The molecule has 0 spiro atoms. The van der Waals surface area contributed by atoms with E-state index in [0.29, 0.717) is 0 Å². The number of nitrogens with zero attached hydrogens (tertiary/aromatic N) is 1. The predicted molar refractivity (Wildman–Crippen MR) is 55.5 cm³/mol. The molecule has 1 N–H and O–H groups in total. The summed E-state index contributed by atoms with van der Waals surface area (Å²) in [6.07, 6.45) is 0. The summed E-state index contributed by atoms with van der Waals surface area (Å²) in [6.45, 7) is 5.03. The minimum absolute atomic E-state index is 0.0791. The lowest BCUT2D eigenvalue weighted by Gasteiger charge is -2.10. The van der Waals surface area contributed by atoms with E-state index in [9.17, 15) is 9.36 Å². The maximum atomic E-state index is 12.1. The predicted octanol–water partition coefficient (Wildman–Crippen LogP) is 1.45. The molecule has 0 rings (SSSR count). The molecule has 0 aliphatic carbocycles. The zero-order chi connectivity index (χ0) is 12.6. The van der Waals surface area contributed by atoms with Crippen molar-refractivity contribution in [1.82, 2.24) is 0 Å². The van der Waals surface area contributed by atoms with Crippen LogP contribution >= 0.6 is 7.60 Å². The standard InChI is InChI=1S/C8H16N2O5P/c1-4-13-8(11)7(10-9)16(12,14-5-2)15-6-3/h9H,4-6H2,1-3H3/q+1. The lowest BCUT2D eigenvalue weighted by Crippen LogP contribution is -2.21. The van der Waals surface area contributed by atoms with Gasteiger partial charge in [0.15, 0.2) is 0 Å². The van der Waals surface area contributed by atoms with Crippen LogP contribution in [0.3, 0.4) is 0 Å². The molecule has 7 nitrogen and oxygen atoms in total. The van der Waals surface area contributed by atoms with E-state index >= 15 is 0 Å². The summed E-state index contributed by atoms with van der Waals surface area (Å²) in [5.41, 5.74) is 6.21. The molecule has 0 aliphatic heterocycles. The van der Waals surface area contributed by atoms with E-state index in [1.165, 1.54) is 0 Å². The van der Waals surface area contributed by atoms with Gasteiger partial charge in [-0.3, -0.25) is 0 Å². The first-order chi connectivity index (χ1) is 7.55. The number of rotatable bonds is 7. The maximum Gasteiger partial charge on any atom is 0.533 e. The van der Waals surface area contributed by atoms with Crippen molar-refractivity contribution >= 4 is 19.0 Å². The SMILES string of the molecule is CCOC(=O)C(=[N+]=N)P(=O)(OCC)OCC. The Kier molecular flexibility index (Phi) is 6.85. The van der Waals surface area contributed by atoms with E-state index in [2.05, 4.69) is 9.53 Å². The Bertz CT molecular complexity index is 327. The van der Waals surface area contributed by atoms with Crippen LogP contribution in [0.15, 0.2) is 0 Å². The minimum atomic E-state index is -3.83. The van der Waals surface area contributed by atoms with E-state index in [4.69, 9.17) is 14.6 Å². The van der Waals surface area contributed by atoms with Gasteiger partial charge in [0.05, 0.1) is 30.1 Å². The zero-order valence-corrected chi connectivity index (χ0v) is 10.5. The molecule has 0 aromatic carbocycles. The summed E-state index contributed by atoms with van der Waals surface area (Å²) in [4.78, 5) is 14.3. The average Bonchev–Trinajstić information content (AvgIpc) is 2.19. The number of hydrogen-bond acceptors (Lipinski definition) is 6. The van der Waals surface area contributed by atoms with Gasteiger partial charge in [-0.05, 0) is 20.8 Å². The van der Waals surface area contributed by atoms with E-state index in [0.717, 1.165) is 0 Å². The van der Waals surface area contributed by atoms with Crippen molar-refractivity contribution in [3.63, 3.8) is 0 Å². The number of hydrogen-bond donors (Lipinski definition) is 1. The number of nitrogens with one attached hydrogen (secondary N) is 1. The highest BCUT2D eigenvalue weighted by Gasteiger charge is 2.49. The number of carbonyl (C=O) groups is 1. The summed E-state index contributed by atoms with van der Waals surface area (Å²) in [5, 5.41) is 0. The molecular weight excluding hydrogens is 235 g/mol. The van der Waals surface area contributed by atoms with Gasteiger partial charge in [0.1, 0.15) is 0 Å². The van der Waals surface area contributed by atoms with E-state index < -0.39 is 19.0 Å². The highest BCUT2D eigenvalue weighted by Crippen LogP contribution is 2.49. The molecule has 0 heterocycles. The Balaban J connectivity index is 5.09. The number of ether oxygens (including phenoxy) is 1. The van der Waals surface area contributed by atoms with Crippen LogP contribution in [0.5, 0.6) is 0 Å². The Morgan fingerprint density at radius 1 is 1.19 bits per heavy atom. The van der Waals surface area contributed by atoms with Crippen LogP contribution in [-0.2, 0) is 23.1 Å². The smallest absolute Gasteiger partial charge is 0.457 e. The van der Waals surface area contributed by atoms with Gasteiger partial charge in [0.2, 0.25) is 0 Å². The average molecular weight is 251 g/mol. The summed E-state index contributed by atoms with van der Waals surface area (Å²) >= 11 is 0. The third kappa shape index (κ3) is 3.87. The molecule has 0 aliphatic rings. The summed E-state index contributed by atoms with van der Waals surface area (Å²) in [6, 6.07) is 0. The molecule has 92 valence electrons. The summed E-state index contributed by atoms with van der Waals surface area (Å²) in [5.74, 6) is -0.956. The van der Waals surface area contributed by atoms with Crippen LogP contribution in [0.25, 0.3) is 0 Å². The molecule has 0 saturated carbocycles. The van der Waals surface area contributed by atoms with Crippen molar-refractivity contribution in [3.05, 3.63) is 0 Å². The monoisotopic (exact) mass is 251 g/mol. The molecule has 0 unspecified atom stereocenters. The number of esters is 1. The first-order valence-electron chi connectivity index (χ1n) is 4.86. The Morgan fingerprint density at radius 3 is 2.00 bits per heavy atom. The van der Waals surface area contributed by atoms with Crippen molar-refractivity contribution in [2.24, 2.45) is 0 Å². The van der Waals surface area contributed by atoms with Crippen molar-refractivity contribution in [2.45, 2.75) is 20.8 Å². The fraction of sp³-hybridized carbons (Fsp3) is 0.750. The van der Waals surface area contributed by atoms with Gasteiger partial charge >= 0.3 is 19.0 Å². The summed E-state index contributed by atoms with van der Waals surface area (Å²) in [7, 11) is -3.83. The highest BCUT2D eigenvalue weighted by molar-refractivity contribution is 7.74. The van der Waals surface area contributed by atoms with Crippen molar-refractivity contribution < 1.29 is 27.9 Å². The highest BCUT2D eigenvalue weighted by atomic mass is 31.2. The van der Waals surface area contributed by atoms with Crippen molar-refractivity contribution in [2.75, 3.05) is 19.8 Å². The van der Waals surface area contributed by atoms with E-state index in [1.807, 2.05) is 0 Å². The van der Waals surface area contributed by atoms with E-state index in [1.54, 1.807) is 20.8 Å². The van der Waals surface area contributed by atoms with Gasteiger partial charge in [0.25, 0.3) is 0 Å². The number of carbonyl (C=O) groups excluding carboxylic acids is 1. The Morgan fingerprint density at radius 2 is 1.69 bits per heavy atom. The van der Waals surface area contributed by atoms with E-state index in [-0.39, 0.29) is 19.8 Å². The molecule has 16 heavy (non-hydrogen) atoms. The molecule has 0 saturated heterocycles. The van der Waals surface area contributed by atoms with Crippen LogP contribution < -0.4 is 0 Å². The summed E-state index contributed by atoms with van der Waals surface area (Å²) < 4.78 is 26.4. The molecule has 0 aromatic rings. The zero-order valence-electron chi connectivity index (χ0n) is 9.56. The third-order valence-corrected chi connectivity index (χ3v) is 3.42. The second kappa shape index (κ2) is 7.30. The van der Waals surface area contributed by atoms with Crippen LogP contribution in [-0.4, -0.2) is 36.0 Å². The first-order valence-corrected chi connectivity index (χ1v) is 6.41. The van der Waals surface area contributed by atoms with Crippen LogP contribution in [0, 0.1) is 5.53 Å². The molecular formula is C8H16N2O5P+. The lowest BCUT2D eigenvalue weighted by molar-refractivity contribution is -0.150. The first kappa shape index (κ1) is 15.0. The molecule has 8 heteroatoms. The lowest BCUT2D eigenvalue weighted by atomic mass is 10.7. The van der Waals surface area contributed by atoms with Gasteiger partial charge in [-0.2, -0.15) is 0 Å². The fourth-order valence-electron chi connectivity index (χ4n) is 0.914. The van der Waals surface area contributed by atoms with Gasteiger partial charge in [-0.25, -0.2) is 9.36 Å². The van der Waals surface area contributed by atoms with Gasteiger partial charge in [0, 0.05) is 0 Å². The fourth-order valence-corrected chi connectivity index (χ4v) is 2.32. The minimum Gasteiger partial charge on any atom is -0.457 e. The second-order valence-electron chi connectivity index (χ2n) is 2.49.